The second-order valence-corrected chi connectivity index (χ2v) is 4.81. The molecule has 0 aromatic heterocycles. The predicted molar refractivity (Wildman–Crippen MR) is 71.9 cm³/mol. The molecule has 3 heteroatoms. The number of hydrogen-bond acceptors (Lipinski definition) is 2. The molecule has 0 aliphatic rings. The van der Waals surface area contributed by atoms with Crippen molar-refractivity contribution in [2.24, 2.45) is 5.92 Å². The Labute approximate surface area is 108 Å². The maximum Gasteiger partial charge on any atom is 0.227 e. The second-order valence-electron chi connectivity index (χ2n) is 4.39. The van der Waals surface area contributed by atoms with Gasteiger partial charge in [-0.25, -0.2) is 0 Å². The SMILES string of the molecule is CCC(C)Cc1ccccc1C(=N)CC(=O)Cl. The molecule has 1 rings (SSSR count). The molecule has 1 N–H and O–H groups in total. The second kappa shape index (κ2) is 6.55. The molecule has 0 bridgehead atoms. The summed E-state index contributed by atoms with van der Waals surface area (Å²) in [5.41, 5.74) is 2.29. The molecule has 0 radical (unpaired) electrons. The van der Waals surface area contributed by atoms with Gasteiger partial charge in [-0.3, -0.25) is 4.79 Å². The van der Waals surface area contributed by atoms with Gasteiger partial charge in [-0.15, -0.1) is 0 Å². The molecule has 17 heavy (non-hydrogen) atoms. The molecule has 1 aromatic rings. The summed E-state index contributed by atoms with van der Waals surface area (Å²) < 4.78 is 0. The van der Waals surface area contributed by atoms with Gasteiger partial charge in [0.05, 0.1) is 6.42 Å². The standard InChI is InChI=1S/C14H18ClNO/c1-3-10(2)8-11-6-4-5-7-12(11)13(16)9-14(15)17/h4-7,10,16H,3,8-9H2,1-2H3. The average molecular weight is 252 g/mol. The van der Waals surface area contributed by atoms with E-state index in [0.717, 1.165) is 24.0 Å². The molecule has 1 atom stereocenters. The lowest BCUT2D eigenvalue weighted by Gasteiger charge is -2.13. The van der Waals surface area contributed by atoms with Crippen LogP contribution < -0.4 is 0 Å². The Morgan fingerprint density at radius 3 is 2.65 bits per heavy atom. The molecule has 1 aromatic carbocycles. The van der Waals surface area contributed by atoms with Crippen molar-refractivity contribution >= 4 is 22.6 Å². The van der Waals surface area contributed by atoms with Crippen LogP contribution in [0.15, 0.2) is 24.3 Å². The smallest absolute Gasteiger partial charge is 0.227 e. The van der Waals surface area contributed by atoms with Crippen molar-refractivity contribution in [3.05, 3.63) is 35.4 Å². The highest BCUT2D eigenvalue weighted by molar-refractivity contribution is 6.65. The van der Waals surface area contributed by atoms with Crippen LogP contribution in [-0.4, -0.2) is 11.0 Å². The predicted octanol–water partition coefficient (Wildman–Crippen LogP) is 3.80. The van der Waals surface area contributed by atoms with Crippen molar-refractivity contribution in [1.82, 2.24) is 0 Å². The molecule has 0 fully saturated rings. The number of carbonyl (C=O) groups excluding carboxylic acids is 1. The number of rotatable bonds is 6. The lowest BCUT2D eigenvalue weighted by Crippen LogP contribution is -2.09. The zero-order chi connectivity index (χ0) is 12.8. The summed E-state index contributed by atoms with van der Waals surface area (Å²) >= 11 is 5.33. The van der Waals surface area contributed by atoms with E-state index in [9.17, 15) is 4.79 Å². The van der Waals surface area contributed by atoms with Gasteiger partial charge in [-0.05, 0) is 35.1 Å². The van der Waals surface area contributed by atoms with E-state index >= 15 is 0 Å². The van der Waals surface area contributed by atoms with Gasteiger partial charge >= 0.3 is 0 Å². The summed E-state index contributed by atoms with van der Waals surface area (Å²) in [6.07, 6.45) is 2.04. The minimum absolute atomic E-state index is 0.000918. The largest absolute Gasteiger partial charge is 0.304 e. The Balaban J connectivity index is 2.91. The zero-order valence-electron chi connectivity index (χ0n) is 10.3. The summed E-state index contributed by atoms with van der Waals surface area (Å²) in [7, 11) is 0. The molecule has 0 heterocycles. The number of benzene rings is 1. The fourth-order valence-corrected chi connectivity index (χ4v) is 1.88. The molecular formula is C14H18ClNO. The Morgan fingerprint density at radius 1 is 1.41 bits per heavy atom. The molecule has 92 valence electrons. The summed E-state index contributed by atoms with van der Waals surface area (Å²) in [6, 6.07) is 7.77. The van der Waals surface area contributed by atoms with Crippen LogP contribution in [0.4, 0.5) is 0 Å². The number of halogens is 1. The van der Waals surface area contributed by atoms with Crippen LogP contribution in [0, 0.1) is 11.3 Å². The van der Waals surface area contributed by atoms with E-state index in [2.05, 4.69) is 13.8 Å². The Hall–Kier alpha value is -1.15. The van der Waals surface area contributed by atoms with Crippen LogP contribution >= 0.6 is 11.6 Å². The van der Waals surface area contributed by atoms with E-state index in [1.54, 1.807) is 0 Å². The van der Waals surface area contributed by atoms with Gasteiger partial charge < -0.3 is 5.41 Å². The van der Waals surface area contributed by atoms with Gasteiger partial charge in [0, 0.05) is 5.71 Å². The van der Waals surface area contributed by atoms with E-state index in [1.165, 1.54) is 0 Å². The van der Waals surface area contributed by atoms with Crippen LogP contribution in [-0.2, 0) is 11.2 Å². The third-order valence-corrected chi connectivity index (χ3v) is 3.06. The molecule has 1 unspecified atom stereocenters. The monoisotopic (exact) mass is 251 g/mol. The van der Waals surface area contributed by atoms with Crippen molar-refractivity contribution in [3.63, 3.8) is 0 Å². The van der Waals surface area contributed by atoms with E-state index in [0.29, 0.717) is 11.6 Å². The van der Waals surface area contributed by atoms with Gasteiger partial charge in [-0.1, -0.05) is 44.5 Å². The molecule has 0 aliphatic carbocycles. The van der Waals surface area contributed by atoms with Gasteiger partial charge in [0.25, 0.3) is 0 Å². The van der Waals surface area contributed by atoms with Crippen LogP contribution in [0.1, 0.15) is 37.8 Å². The summed E-state index contributed by atoms with van der Waals surface area (Å²) in [4.78, 5) is 10.8. The van der Waals surface area contributed by atoms with Crippen LogP contribution in [0.2, 0.25) is 0 Å². The van der Waals surface area contributed by atoms with Gasteiger partial charge in [0.1, 0.15) is 0 Å². The lowest BCUT2D eigenvalue weighted by molar-refractivity contribution is -0.110. The van der Waals surface area contributed by atoms with Crippen molar-refractivity contribution in [3.8, 4) is 0 Å². The molecule has 0 spiro atoms. The fraction of sp³-hybridized carbons (Fsp3) is 0.429. The highest BCUT2D eigenvalue weighted by Gasteiger charge is 2.11. The summed E-state index contributed by atoms with van der Waals surface area (Å²) in [5.74, 6) is 0.579. The number of carbonyl (C=O) groups is 1. The van der Waals surface area contributed by atoms with E-state index in [1.807, 2.05) is 24.3 Å². The summed E-state index contributed by atoms with van der Waals surface area (Å²) in [6.45, 7) is 4.34. The lowest BCUT2D eigenvalue weighted by atomic mass is 9.92. The maximum absolute atomic E-state index is 10.8. The van der Waals surface area contributed by atoms with Crippen molar-refractivity contribution < 1.29 is 4.79 Å². The van der Waals surface area contributed by atoms with Crippen molar-refractivity contribution in [2.75, 3.05) is 0 Å². The molecule has 0 amide bonds. The minimum Gasteiger partial charge on any atom is -0.304 e. The quantitative estimate of drug-likeness (QED) is 0.606. The maximum atomic E-state index is 10.8. The number of hydrogen-bond donors (Lipinski definition) is 1. The highest BCUT2D eigenvalue weighted by Crippen LogP contribution is 2.17. The molecule has 2 nitrogen and oxygen atoms in total. The molecule has 0 saturated heterocycles. The van der Waals surface area contributed by atoms with Crippen LogP contribution in [0.5, 0.6) is 0 Å². The van der Waals surface area contributed by atoms with Gasteiger partial charge in [-0.2, -0.15) is 0 Å². The first kappa shape index (κ1) is 13.9. The van der Waals surface area contributed by atoms with Crippen LogP contribution in [0.25, 0.3) is 0 Å². The first-order chi connectivity index (χ1) is 8.04. The van der Waals surface area contributed by atoms with Crippen molar-refractivity contribution in [1.29, 1.82) is 5.41 Å². The Morgan fingerprint density at radius 2 is 2.06 bits per heavy atom. The molecule has 0 aliphatic heterocycles. The fourth-order valence-electron chi connectivity index (χ4n) is 1.75. The zero-order valence-corrected chi connectivity index (χ0v) is 11.1. The topological polar surface area (TPSA) is 40.9 Å². The highest BCUT2D eigenvalue weighted by atomic mass is 35.5. The van der Waals surface area contributed by atoms with Gasteiger partial charge in [0.2, 0.25) is 5.24 Å². The first-order valence-electron chi connectivity index (χ1n) is 5.88. The third kappa shape index (κ3) is 4.31. The minimum atomic E-state index is -0.478. The Bertz CT molecular complexity index is 414. The van der Waals surface area contributed by atoms with E-state index < -0.39 is 5.24 Å². The van der Waals surface area contributed by atoms with Crippen LogP contribution in [0.3, 0.4) is 0 Å². The first-order valence-corrected chi connectivity index (χ1v) is 6.26. The molecule has 0 saturated carbocycles. The third-order valence-electron chi connectivity index (χ3n) is 2.92. The van der Waals surface area contributed by atoms with Gasteiger partial charge in [0.15, 0.2) is 0 Å². The van der Waals surface area contributed by atoms with Crippen molar-refractivity contribution in [2.45, 2.75) is 33.1 Å². The Kier molecular flexibility index (Phi) is 5.36. The summed E-state index contributed by atoms with van der Waals surface area (Å²) in [5, 5.41) is 7.42. The number of nitrogens with one attached hydrogen (secondary N) is 1. The molecular weight excluding hydrogens is 234 g/mol. The van der Waals surface area contributed by atoms with E-state index in [4.69, 9.17) is 17.0 Å². The van der Waals surface area contributed by atoms with E-state index in [-0.39, 0.29) is 6.42 Å². The normalized spacial score (nSPS) is 12.2. The average Bonchev–Trinajstić information content (AvgIpc) is 2.28.